The average Bonchev–Trinajstić information content (AvgIpc) is 3.33. The van der Waals surface area contributed by atoms with Crippen molar-refractivity contribution in [3.63, 3.8) is 0 Å². The third-order valence-corrected chi connectivity index (χ3v) is 5.44. The van der Waals surface area contributed by atoms with Crippen molar-refractivity contribution in [2.75, 3.05) is 5.32 Å². The summed E-state index contributed by atoms with van der Waals surface area (Å²) >= 11 is 8.00. The summed E-state index contributed by atoms with van der Waals surface area (Å²) in [6.07, 6.45) is 0. The summed E-state index contributed by atoms with van der Waals surface area (Å²) in [5.74, 6) is 0.372. The highest BCUT2D eigenvalue weighted by Gasteiger charge is 2.35. The van der Waals surface area contributed by atoms with Gasteiger partial charge in [0.05, 0.1) is 4.88 Å². The van der Waals surface area contributed by atoms with Crippen LogP contribution in [0.15, 0.2) is 46.6 Å². The molecule has 1 aliphatic rings. The molecule has 0 saturated carbocycles. The Hall–Kier alpha value is -3.04. The first kappa shape index (κ1) is 15.2. The van der Waals surface area contributed by atoms with E-state index in [9.17, 15) is 4.79 Å². The highest BCUT2D eigenvalue weighted by molar-refractivity contribution is 7.13. The Bertz CT molecular complexity index is 1170. The van der Waals surface area contributed by atoms with Crippen LogP contribution in [0.5, 0.6) is 0 Å². The Morgan fingerprint density at radius 3 is 2.88 bits per heavy atom. The zero-order valence-electron chi connectivity index (χ0n) is 13.0. The molecule has 8 nitrogen and oxygen atoms in total. The molecule has 5 rings (SSSR count). The van der Waals surface area contributed by atoms with Crippen molar-refractivity contribution in [2.45, 2.75) is 6.04 Å². The topological polar surface area (TPSA) is 101 Å². The molecule has 26 heavy (non-hydrogen) atoms. The number of tetrazole rings is 1. The van der Waals surface area contributed by atoms with Gasteiger partial charge in [-0.1, -0.05) is 41.0 Å². The molecule has 4 aromatic rings. The van der Waals surface area contributed by atoms with Crippen molar-refractivity contribution in [3.8, 4) is 10.6 Å². The number of halogens is 1. The highest BCUT2D eigenvalue weighted by atomic mass is 35.5. The fourth-order valence-electron chi connectivity index (χ4n) is 3.12. The number of nitrogens with one attached hydrogen (secondary N) is 2. The molecule has 10 heteroatoms. The maximum absolute atomic E-state index is 12.5. The lowest BCUT2D eigenvalue weighted by Crippen LogP contribution is -2.29. The Morgan fingerprint density at radius 2 is 2.08 bits per heavy atom. The standard InChI is InChI=1S/C16H10ClN7OS/c17-9-5-2-1-4-8(9)14-11-12(10-6-3-7-26-10)19-20-15(25)13(11)18-16-21-22-23-24(14)16/h1-7,14H,(H,20,25)(H,18,21,23)/t14-/m0/s1. The second kappa shape index (κ2) is 5.75. The van der Waals surface area contributed by atoms with Gasteiger partial charge in [0.15, 0.2) is 0 Å². The van der Waals surface area contributed by atoms with Crippen molar-refractivity contribution in [1.82, 2.24) is 30.4 Å². The van der Waals surface area contributed by atoms with E-state index in [2.05, 4.69) is 31.0 Å². The van der Waals surface area contributed by atoms with Crippen LogP contribution in [0.4, 0.5) is 11.6 Å². The largest absolute Gasteiger partial charge is 0.318 e. The Morgan fingerprint density at radius 1 is 1.19 bits per heavy atom. The van der Waals surface area contributed by atoms with Crippen LogP contribution in [-0.2, 0) is 0 Å². The van der Waals surface area contributed by atoms with E-state index in [1.807, 2.05) is 35.7 Å². The maximum atomic E-state index is 12.5. The van der Waals surface area contributed by atoms with Crippen LogP contribution in [0, 0.1) is 0 Å². The minimum atomic E-state index is -0.475. The predicted molar refractivity (Wildman–Crippen MR) is 98.0 cm³/mol. The number of aromatic amines is 1. The molecule has 0 spiro atoms. The summed E-state index contributed by atoms with van der Waals surface area (Å²) < 4.78 is 1.61. The molecule has 0 fully saturated rings. The van der Waals surface area contributed by atoms with Gasteiger partial charge in [-0.2, -0.15) is 9.78 Å². The van der Waals surface area contributed by atoms with Crippen molar-refractivity contribution >= 4 is 34.6 Å². The van der Waals surface area contributed by atoms with Crippen molar-refractivity contribution < 1.29 is 0 Å². The molecular formula is C16H10ClN7OS. The lowest BCUT2D eigenvalue weighted by Gasteiger charge is -2.28. The number of H-pyrrole nitrogens is 1. The number of thiophene rings is 1. The molecule has 3 aromatic heterocycles. The van der Waals surface area contributed by atoms with Gasteiger partial charge in [0, 0.05) is 16.1 Å². The molecule has 4 heterocycles. The van der Waals surface area contributed by atoms with Gasteiger partial charge >= 0.3 is 0 Å². The summed E-state index contributed by atoms with van der Waals surface area (Å²) in [5, 5.41) is 24.2. The lowest BCUT2D eigenvalue weighted by molar-refractivity contribution is 0.568. The zero-order valence-corrected chi connectivity index (χ0v) is 14.6. The van der Waals surface area contributed by atoms with Crippen LogP contribution in [0.1, 0.15) is 17.2 Å². The summed E-state index contributed by atoms with van der Waals surface area (Å²) in [6.45, 7) is 0. The van der Waals surface area contributed by atoms with Gasteiger partial charge in [0.25, 0.3) is 5.56 Å². The average molecular weight is 384 g/mol. The fourth-order valence-corrected chi connectivity index (χ4v) is 4.09. The van der Waals surface area contributed by atoms with Gasteiger partial charge in [-0.15, -0.1) is 11.3 Å². The number of rotatable bonds is 2. The molecule has 0 unspecified atom stereocenters. The number of benzene rings is 1. The minimum Gasteiger partial charge on any atom is -0.318 e. The number of nitrogens with zero attached hydrogens (tertiary/aromatic N) is 5. The number of aromatic nitrogens is 6. The number of anilines is 2. The van der Waals surface area contributed by atoms with Crippen LogP contribution >= 0.6 is 22.9 Å². The van der Waals surface area contributed by atoms with Crippen LogP contribution < -0.4 is 10.9 Å². The summed E-state index contributed by atoms with van der Waals surface area (Å²) in [6, 6.07) is 10.8. The SMILES string of the molecule is O=c1[nH]nc(-c2cccs2)c2c1Nc1nnnn1[C@H]2c1ccccc1Cl. The molecule has 128 valence electrons. The molecule has 2 N–H and O–H groups in total. The first-order valence-electron chi connectivity index (χ1n) is 7.70. The van der Waals surface area contributed by atoms with Gasteiger partial charge < -0.3 is 5.32 Å². The van der Waals surface area contributed by atoms with Crippen LogP contribution in [0.3, 0.4) is 0 Å². The molecule has 0 bridgehead atoms. The highest BCUT2D eigenvalue weighted by Crippen LogP contribution is 2.43. The van der Waals surface area contributed by atoms with E-state index in [1.165, 1.54) is 11.3 Å². The molecule has 0 aliphatic carbocycles. The van der Waals surface area contributed by atoms with E-state index in [0.29, 0.717) is 27.9 Å². The summed E-state index contributed by atoms with van der Waals surface area (Å²) in [4.78, 5) is 13.4. The molecule has 0 radical (unpaired) electrons. The third-order valence-electron chi connectivity index (χ3n) is 4.22. The predicted octanol–water partition coefficient (Wildman–Crippen LogP) is 2.83. The molecule has 1 atom stereocenters. The molecule has 1 aromatic carbocycles. The second-order valence-corrected chi connectivity index (χ2v) is 7.02. The second-order valence-electron chi connectivity index (χ2n) is 5.66. The monoisotopic (exact) mass is 383 g/mol. The van der Waals surface area contributed by atoms with E-state index >= 15 is 0 Å². The lowest BCUT2D eigenvalue weighted by atomic mass is 9.94. The Balaban J connectivity index is 1.87. The van der Waals surface area contributed by atoms with E-state index < -0.39 is 6.04 Å². The molecule has 1 aliphatic heterocycles. The van der Waals surface area contributed by atoms with Crippen molar-refractivity contribution in [2.24, 2.45) is 0 Å². The quantitative estimate of drug-likeness (QED) is 0.486. The zero-order chi connectivity index (χ0) is 17.7. The van der Waals surface area contributed by atoms with Gasteiger partial charge in [-0.3, -0.25) is 4.79 Å². The van der Waals surface area contributed by atoms with Crippen molar-refractivity contribution in [1.29, 1.82) is 0 Å². The smallest absolute Gasteiger partial charge is 0.288 e. The van der Waals surface area contributed by atoms with Crippen LogP contribution in [0.2, 0.25) is 5.02 Å². The minimum absolute atomic E-state index is 0.341. The van der Waals surface area contributed by atoms with E-state index in [1.54, 1.807) is 10.7 Å². The first-order chi connectivity index (χ1) is 12.7. The summed E-state index contributed by atoms with van der Waals surface area (Å²) in [5.41, 5.74) is 2.16. The first-order valence-corrected chi connectivity index (χ1v) is 8.95. The maximum Gasteiger partial charge on any atom is 0.288 e. The van der Waals surface area contributed by atoms with E-state index in [0.717, 1.165) is 10.4 Å². The molecule has 0 amide bonds. The molecular weight excluding hydrogens is 374 g/mol. The van der Waals surface area contributed by atoms with E-state index in [4.69, 9.17) is 11.6 Å². The van der Waals surface area contributed by atoms with E-state index in [-0.39, 0.29) is 5.56 Å². The van der Waals surface area contributed by atoms with Gasteiger partial charge in [0.2, 0.25) is 5.95 Å². The normalized spacial score (nSPS) is 15.2. The Kier molecular flexibility index (Phi) is 3.37. The fraction of sp³-hybridized carbons (Fsp3) is 0.0625. The van der Waals surface area contributed by atoms with Crippen molar-refractivity contribution in [3.05, 3.63) is 68.3 Å². The van der Waals surface area contributed by atoms with Gasteiger partial charge in [-0.25, -0.2) is 5.10 Å². The van der Waals surface area contributed by atoms with Crippen LogP contribution in [-0.4, -0.2) is 30.4 Å². The van der Waals surface area contributed by atoms with Gasteiger partial charge in [-0.05, 0) is 27.9 Å². The third kappa shape index (κ3) is 2.18. The summed E-state index contributed by atoms with van der Waals surface area (Å²) in [7, 11) is 0. The number of hydrogen-bond acceptors (Lipinski definition) is 7. The molecule has 0 saturated heterocycles. The van der Waals surface area contributed by atoms with Crippen LogP contribution in [0.25, 0.3) is 10.6 Å². The number of hydrogen-bond donors (Lipinski definition) is 2. The van der Waals surface area contributed by atoms with Gasteiger partial charge in [0.1, 0.15) is 17.4 Å². The number of fused-ring (bicyclic) bond motifs is 2. The Labute approximate surface area is 155 Å².